The maximum Gasteiger partial charge on any atom is 0.262 e. The smallest absolute Gasteiger partial charge is 0.262 e. The summed E-state index contributed by atoms with van der Waals surface area (Å²) in [7, 11) is 0. The van der Waals surface area contributed by atoms with Gasteiger partial charge < -0.3 is 4.52 Å². The highest BCUT2D eigenvalue weighted by atomic mass is 35.5. The first-order valence-corrected chi connectivity index (χ1v) is 9.05. The van der Waals surface area contributed by atoms with Crippen molar-refractivity contribution in [1.29, 1.82) is 0 Å². The third-order valence-corrected chi connectivity index (χ3v) is 4.70. The summed E-state index contributed by atoms with van der Waals surface area (Å²) < 4.78 is 6.81. The quantitative estimate of drug-likeness (QED) is 0.499. The Balaban J connectivity index is 2.03. The maximum absolute atomic E-state index is 12.9. The Kier molecular flexibility index (Phi) is 4.96. The Bertz CT molecular complexity index is 933. The Morgan fingerprint density at radius 2 is 2.12 bits per heavy atom. The second-order valence-electron chi connectivity index (χ2n) is 6.08. The van der Waals surface area contributed by atoms with Crippen LogP contribution < -0.4 is 5.56 Å². The van der Waals surface area contributed by atoms with E-state index in [4.69, 9.17) is 16.1 Å². The van der Waals surface area contributed by atoms with Gasteiger partial charge in [0.05, 0.1) is 16.6 Å². The highest BCUT2D eigenvalue weighted by Gasteiger charge is 2.14. The fourth-order valence-electron chi connectivity index (χ4n) is 2.43. The normalized spacial score (nSPS) is 11.5. The predicted octanol–water partition coefficient (Wildman–Crippen LogP) is 4.29. The van der Waals surface area contributed by atoms with E-state index in [0.717, 1.165) is 11.5 Å². The van der Waals surface area contributed by atoms with Gasteiger partial charge in [-0.15, -0.1) is 0 Å². The molecular weight excluding hydrogens is 346 g/mol. The fraction of sp³-hybridized carbons (Fsp3) is 0.353. The van der Waals surface area contributed by atoms with E-state index in [2.05, 4.69) is 24.0 Å². The highest BCUT2D eigenvalue weighted by molar-refractivity contribution is 7.98. The van der Waals surface area contributed by atoms with Crippen molar-refractivity contribution < 1.29 is 4.52 Å². The van der Waals surface area contributed by atoms with Crippen molar-refractivity contribution >= 4 is 34.3 Å². The van der Waals surface area contributed by atoms with Crippen LogP contribution in [0.1, 0.15) is 25.3 Å². The molecule has 1 aromatic carbocycles. The van der Waals surface area contributed by atoms with Crippen molar-refractivity contribution in [2.24, 2.45) is 5.92 Å². The number of nitrogens with zero attached hydrogens (tertiary/aromatic N) is 3. The maximum atomic E-state index is 12.9. The second-order valence-corrected chi connectivity index (χ2v) is 7.46. The summed E-state index contributed by atoms with van der Waals surface area (Å²) in [4.78, 5) is 17.5. The van der Waals surface area contributed by atoms with Gasteiger partial charge in [0, 0.05) is 23.4 Å². The molecule has 126 valence electrons. The Morgan fingerprint density at radius 1 is 1.33 bits per heavy atom. The molecular formula is C17H18ClN3O2S. The molecule has 0 radical (unpaired) electrons. The topological polar surface area (TPSA) is 60.9 Å². The van der Waals surface area contributed by atoms with Crippen molar-refractivity contribution in [3.8, 4) is 0 Å². The fourth-order valence-corrected chi connectivity index (χ4v) is 3.49. The molecule has 2 aromatic heterocycles. The first-order chi connectivity index (χ1) is 11.4. The summed E-state index contributed by atoms with van der Waals surface area (Å²) in [5, 5.41) is 5.76. The summed E-state index contributed by atoms with van der Waals surface area (Å²) in [5.41, 5.74) is 1.43. The van der Waals surface area contributed by atoms with E-state index in [0.29, 0.717) is 39.3 Å². The predicted molar refractivity (Wildman–Crippen MR) is 96.7 cm³/mol. The van der Waals surface area contributed by atoms with E-state index in [1.165, 1.54) is 11.8 Å². The number of benzene rings is 1. The average Bonchev–Trinajstić information content (AvgIpc) is 2.94. The summed E-state index contributed by atoms with van der Waals surface area (Å²) in [6.45, 7) is 6.61. The number of aromatic nitrogens is 3. The standard InChI is InChI=1S/C17H18ClN3O2S/c1-10(2)8-21-16(22)14-7-12(18)4-5-15(14)19-17(21)24-9-13-6-11(3)23-20-13/h4-7,10H,8-9H2,1-3H3. The Morgan fingerprint density at radius 3 is 2.79 bits per heavy atom. The molecule has 2 heterocycles. The molecule has 0 bridgehead atoms. The lowest BCUT2D eigenvalue weighted by atomic mass is 10.2. The molecule has 0 atom stereocenters. The lowest BCUT2D eigenvalue weighted by Gasteiger charge is -2.14. The van der Waals surface area contributed by atoms with E-state index < -0.39 is 0 Å². The van der Waals surface area contributed by atoms with E-state index in [-0.39, 0.29) is 5.56 Å². The second kappa shape index (κ2) is 6.99. The first kappa shape index (κ1) is 17.0. The SMILES string of the molecule is Cc1cc(CSc2nc3ccc(Cl)cc3c(=O)n2CC(C)C)no1. The molecule has 0 amide bonds. The molecule has 24 heavy (non-hydrogen) atoms. The molecule has 7 heteroatoms. The van der Waals surface area contributed by atoms with Gasteiger partial charge in [0.25, 0.3) is 5.56 Å². The number of thioether (sulfide) groups is 1. The van der Waals surface area contributed by atoms with Crippen LogP contribution >= 0.6 is 23.4 Å². The molecule has 0 aliphatic heterocycles. The van der Waals surface area contributed by atoms with Crippen LogP contribution in [0.3, 0.4) is 0 Å². The average molecular weight is 364 g/mol. The van der Waals surface area contributed by atoms with E-state index in [1.807, 2.05) is 13.0 Å². The van der Waals surface area contributed by atoms with E-state index >= 15 is 0 Å². The summed E-state index contributed by atoms with van der Waals surface area (Å²) in [6, 6.07) is 7.10. The van der Waals surface area contributed by atoms with Gasteiger partial charge in [-0.1, -0.05) is 42.4 Å². The third-order valence-electron chi connectivity index (χ3n) is 3.45. The zero-order valence-electron chi connectivity index (χ0n) is 13.7. The van der Waals surface area contributed by atoms with Gasteiger partial charge in [0.1, 0.15) is 5.76 Å². The highest BCUT2D eigenvalue weighted by Crippen LogP contribution is 2.24. The Labute approximate surface area is 149 Å². The van der Waals surface area contributed by atoms with Gasteiger partial charge in [-0.2, -0.15) is 0 Å². The van der Waals surface area contributed by atoms with Crippen LogP contribution in [-0.4, -0.2) is 14.7 Å². The molecule has 0 spiro atoms. The number of aryl methyl sites for hydroxylation is 1. The van der Waals surface area contributed by atoms with Crippen molar-refractivity contribution in [3.63, 3.8) is 0 Å². The summed E-state index contributed by atoms with van der Waals surface area (Å²) >= 11 is 7.52. The van der Waals surface area contributed by atoms with E-state index in [1.54, 1.807) is 22.8 Å². The number of halogens is 1. The van der Waals surface area contributed by atoms with Crippen molar-refractivity contribution in [2.45, 2.75) is 38.2 Å². The third kappa shape index (κ3) is 3.65. The van der Waals surface area contributed by atoms with Crippen LogP contribution in [0, 0.1) is 12.8 Å². The minimum absolute atomic E-state index is 0.0602. The first-order valence-electron chi connectivity index (χ1n) is 7.69. The number of fused-ring (bicyclic) bond motifs is 1. The Hall–Kier alpha value is -1.79. The number of hydrogen-bond donors (Lipinski definition) is 0. The van der Waals surface area contributed by atoms with Crippen LogP contribution in [0.5, 0.6) is 0 Å². The monoisotopic (exact) mass is 363 g/mol. The van der Waals surface area contributed by atoms with E-state index in [9.17, 15) is 4.79 Å². The van der Waals surface area contributed by atoms with Gasteiger partial charge in [-0.05, 0) is 31.0 Å². The summed E-state index contributed by atoms with van der Waals surface area (Å²) in [5.74, 6) is 1.70. The minimum atomic E-state index is -0.0602. The van der Waals surface area contributed by atoms with Crippen LogP contribution in [0.2, 0.25) is 5.02 Å². The summed E-state index contributed by atoms with van der Waals surface area (Å²) in [6.07, 6.45) is 0. The van der Waals surface area contributed by atoms with Gasteiger partial charge in [0.2, 0.25) is 0 Å². The molecule has 3 aromatic rings. The number of hydrogen-bond acceptors (Lipinski definition) is 5. The van der Waals surface area contributed by atoms with Crippen LogP contribution in [0.4, 0.5) is 0 Å². The molecule has 5 nitrogen and oxygen atoms in total. The molecule has 0 saturated carbocycles. The van der Waals surface area contributed by atoms with Gasteiger partial charge in [-0.25, -0.2) is 4.98 Å². The molecule has 0 fully saturated rings. The molecule has 0 unspecified atom stereocenters. The molecule has 0 N–H and O–H groups in total. The molecule has 3 rings (SSSR count). The molecule has 0 aliphatic carbocycles. The largest absolute Gasteiger partial charge is 0.361 e. The zero-order chi connectivity index (χ0) is 17.3. The van der Waals surface area contributed by atoms with Crippen molar-refractivity contribution in [3.05, 3.63) is 51.1 Å². The lowest BCUT2D eigenvalue weighted by Crippen LogP contribution is -2.25. The van der Waals surface area contributed by atoms with Crippen LogP contribution in [0.15, 0.2) is 38.7 Å². The van der Waals surface area contributed by atoms with Crippen molar-refractivity contribution in [2.75, 3.05) is 0 Å². The molecule has 0 aliphatic rings. The van der Waals surface area contributed by atoms with Gasteiger partial charge >= 0.3 is 0 Å². The number of rotatable bonds is 5. The molecule has 0 saturated heterocycles. The lowest BCUT2D eigenvalue weighted by molar-refractivity contribution is 0.393. The van der Waals surface area contributed by atoms with Crippen LogP contribution in [0.25, 0.3) is 10.9 Å². The van der Waals surface area contributed by atoms with Crippen molar-refractivity contribution in [1.82, 2.24) is 14.7 Å². The van der Waals surface area contributed by atoms with Crippen LogP contribution in [-0.2, 0) is 12.3 Å². The van der Waals surface area contributed by atoms with Gasteiger partial charge in [-0.3, -0.25) is 9.36 Å². The van der Waals surface area contributed by atoms with Gasteiger partial charge in [0.15, 0.2) is 5.16 Å². The minimum Gasteiger partial charge on any atom is -0.361 e. The zero-order valence-corrected chi connectivity index (χ0v) is 15.3.